The van der Waals surface area contributed by atoms with Crippen LogP contribution in [0, 0.1) is 11.3 Å². The number of anilines is 1. The van der Waals surface area contributed by atoms with Crippen molar-refractivity contribution in [1.82, 2.24) is 0 Å². The standard InChI is InChI=1S/C39H33N3O/c1-26-11-5-6-14-30(26)37(40)34-16-7-9-17-35(34)41-25-27-19-21-29(22-20-27)42-38-31(28-12-3-2-4-13-28)23-24-33-32-15-8-10-18-36(32)43-39(33)38/h2-10,12-21,23-26,29,40,42H,11,22H2,1H3/b40-37?,41-25+. The highest BCUT2D eigenvalue weighted by atomic mass is 16.3. The normalized spacial score (nSPS) is 18.3. The van der Waals surface area contributed by atoms with Gasteiger partial charge >= 0.3 is 0 Å². The fourth-order valence-electron chi connectivity index (χ4n) is 5.99. The number of para-hydroxylation sites is 2. The maximum absolute atomic E-state index is 8.90. The fourth-order valence-corrected chi connectivity index (χ4v) is 5.99. The molecule has 0 radical (unpaired) electrons. The number of hydrogen-bond acceptors (Lipinski definition) is 4. The zero-order valence-electron chi connectivity index (χ0n) is 24.1. The molecule has 2 unspecified atom stereocenters. The minimum atomic E-state index is 0.103. The van der Waals surface area contributed by atoms with Crippen molar-refractivity contribution in [3.8, 4) is 11.1 Å². The molecular formula is C39H33N3O. The first-order chi connectivity index (χ1) is 21.2. The number of aliphatic imine (C=N–C) groups is 1. The highest BCUT2D eigenvalue weighted by molar-refractivity contribution is 6.14. The maximum Gasteiger partial charge on any atom is 0.159 e. The average Bonchev–Trinajstić information content (AvgIpc) is 3.44. The van der Waals surface area contributed by atoms with Gasteiger partial charge < -0.3 is 9.73 Å². The number of fused-ring (bicyclic) bond motifs is 3. The smallest absolute Gasteiger partial charge is 0.159 e. The van der Waals surface area contributed by atoms with Gasteiger partial charge in [-0.25, -0.2) is 0 Å². The first kappa shape index (κ1) is 26.7. The van der Waals surface area contributed by atoms with Crippen LogP contribution in [0.3, 0.4) is 0 Å². The molecule has 210 valence electrons. The Labute approximate surface area is 252 Å². The van der Waals surface area contributed by atoms with Crippen molar-refractivity contribution in [2.24, 2.45) is 10.9 Å². The zero-order chi connectivity index (χ0) is 29.2. The number of nitrogens with zero attached hydrogens (tertiary/aromatic N) is 1. The van der Waals surface area contributed by atoms with E-state index in [1.54, 1.807) is 0 Å². The third-order valence-electron chi connectivity index (χ3n) is 8.34. The molecule has 0 bridgehead atoms. The van der Waals surface area contributed by atoms with Crippen LogP contribution in [0.2, 0.25) is 0 Å². The van der Waals surface area contributed by atoms with E-state index in [-0.39, 0.29) is 6.04 Å². The zero-order valence-corrected chi connectivity index (χ0v) is 24.1. The monoisotopic (exact) mass is 559 g/mol. The largest absolute Gasteiger partial charge is 0.454 e. The fraction of sp³-hybridized carbons (Fsp3) is 0.128. The predicted molar refractivity (Wildman–Crippen MR) is 181 cm³/mol. The molecule has 0 fully saturated rings. The van der Waals surface area contributed by atoms with Crippen LogP contribution in [0.5, 0.6) is 0 Å². The molecular weight excluding hydrogens is 526 g/mol. The molecule has 5 aromatic rings. The van der Waals surface area contributed by atoms with Gasteiger partial charge in [0.15, 0.2) is 5.58 Å². The Kier molecular flexibility index (Phi) is 7.18. The molecule has 2 aliphatic rings. The molecule has 0 aliphatic heterocycles. The Morgan fingerprint density at radius 2 is 1.72 bits per heavy atom. The molecule has 0 saturated carbocycles. The van der Waals surface area contributed by atoms with Crippen LogP contribution in [0.1, 0.15) is 25.3 Å². The van der Waals surface area contributed by atoms with E-state index >= 15 is 0 Å². The summed E-state index contributed by atoms with van der Waals surface area (Å²) in [5.41, 5.74) is 9.38. The number of nitrogens with one attached hydrogen (secondary N) is 2. The van der Waals surface area contributed by atoms with Crippen molar-refractivity contribution in [2.75, 3.05) is 5.32 Å². The van der Waals surface area contributed by atoms with Gasteiger partial charge in [0.1, 0.15) is 5.58 Å². The van der Waals surface area contributed by atoms with Crippen molar-refractivity contribution in [2.45, 2.75) is 25.8 Å². The van der Waals surface area contributed by atoms with Crippen molar-refractivity contribution < 1.29 is 4.42 Å². The summed E-state index contributed by atoms with van der Waals surface area (Å²) >= 11 is 0. The van der Waals surface area contributed by atoms with Crippen molar-refractivity contribution in [3.05, 3.63) is 144 Å². The summed E-state index contributed by atoms with van der Waals surface area (Å²) in [7, 11) is 0. The third-order valence-corrected chi connectivity index (χ3v) is 8.34. The van der Waals surface area contributed by atoms with E-state index in [4.69, 9.17) is 14.8 Å². The highest BCUT2D eigenvalue weighted by Gasteiger charge is 2.20. The molecule has 4 heteroatoms. The summed E-state index contributed by atoms with van der Waals surface area (Å²) in [6, 6.07) is 31.1. The van der Waals surface area contributed by atoms with E-state index < -0.39 is 0 Å². The first-order valence-corrected chi connectivity index (χ1v) is 14.9. The van der Waals surface area contributed by atoms with Gasteiger partial charge in [0.2, 0.25) is 0 Å². The predicted octanol–water partition coefficient (Wildman–Crippen LogP) is 10.2. The van der Waals surface area contributed by atoms with Gasteiger partial charge in [0.05, 0.1) is 17.1 Å². The van der Waals surface area contributed by atoms with Gasteiger partial charge in [-0.05, 0) is 53.7 Å². The van der Waals surface area contributed by atoms with E-state index in [1.807, 2.05) is 48.7 Å². The summed E-state index contributed by atoms with van der Waals surface area (Å²) in [5.74, 6) is 0.329. The molecule has 0 amide bonds. The van der Waals surface area contributed by atoms with E-state index in [2.05, 4.69) is 97.2 Å². The second kappa shape index (κ2) is 11.6. The minimum absolute atomic E-state index is 0.103. The van der Waals surface area contributed by atoms with Crippen LogP contribution in [-0.4, -0.2) is 18.0 Å². The van der Waals surface area contributed by atoms with E-state index in [1.165, 1.54) is 0 Å². The molecule has 0 saturated heterocycles. The number of furan rings is 1. The summed E-state index contributed by atoms with van der Waals surface area (Å²) in [6.45, 7) is 2.18. The maximum atomic E-state index is 8.90. The van der Waals surface area contributed by atoms with Crippen LogP contribution in [0.25, 0.3) is 33.1 Å². The Balaban J connectivity index is 1.14. The molecule has 4 aromatic carbocycles. The van der Waals surface area contributed by atoms with E-state index in [9.17, 15) is 0 Å². The lowest BCUT2D eigenvalue weighted by molar-refractivity contribution is 0.669. The second-order valence-electron chi connectivity index (χ2n) is 11.2. The van der Waals surface area contributed by atoms with Gasteiger partial charge in [0.25, 0.3) is 0 Å². The van der Waals surface area contributed by atoms with Crippen LogP contribution >= 0.6 is 0 Å². The minimum Gasteiger partial charge on any atom is -0.454 e. The number of rotatable bonds is 7. The molecule has 7 rings (SSSR count). The van der Waals surface area contributed by atoms with Crippen molar-refractivity contribution >= 4 is 45.2 Å². The topological polar surface area (TPSA) is 61.4 Å². The summed E-state index contributed by atoms with van der Waals surface area (Å²) in [4.78, 5) is 4.83. The second-order valence-corrected chi connectivity index (χ2v) is 11.2. The molecule has 43 heavy (non-hydrogen) atoms. The van der Waals surface area contributed by atoms with Gasteiger partial charge in [-0.3, -0.25) is 10.4 Å². The number of benzene rings is 4. The van der Waals surface area contributed by atoms with Crippen LogP contribution in [0.4, 0.5) is 11.4 Å². The lowest BCUT2D eigenvalue weighted by atomic mass is 9.87. The van der Waals surface area contributed by atoms with E-state index in [0.29, 0.717) is 11.6 Å². The van der Waals surface area contributed by atoms with Gasteiger partial charge in [-0.15, -0.1) is 0 Å². The van der Waals surface area contributed by atoms with Gasteiger partial charge in [0, 0.05) is 34.2 Å². The van der Waals surface area contributed by atoms with Gasteiger partial charge in [-0.1, -0.05) is 116 Å². The molecule has 2 aliphatic carbocycles. The van der Waals surface area contributed by atoms with Gasteiger partial charge in [-0.2, -0.15) is 0 Å². The summed E-state index contributed by atoms with van der Waals surface area (Å²) in [5, 5.41) is 14.9. The molecule has 2 N–H and O–H groups in total. The molecule has 1 aromatic heterocycles. The number of allylic oxidation sites excluding steroid dienone is 6. The van der Waals surface area contributed by atoms with Crippen LogP contribution in [-0.2, 0) is 0 Å². The third kappa shape index (κ3) is 5.28. The molecule has 4 nitrogen and oxygen atoms in total. The van der Waals surface area contributed by atoms with Crippen molar-refractivity contribution in [3.63, 3.8) is 0 Å². The van der Waals surface area contributed by atoms with Crippen LogP contribution < -0.4 is 5.32 Å². The Morgan fingerprint density at radius 1 is 0.907 bits per heavy atom. The lowest BCUT2D eigenvalue weighted by Gasteiger charge is -2.21. The summed E-state index contributed by atoms with van der Waals surface area (Å²) in [6.07, 6.45) is 16.5. The first-order valence-electron chi connectivity index (χ1n) is 14.9. The van der Waals surface area contributed by atoms with Crippen molar-refractivity contribution in [1.29, 1.82) is 5.41 Å². The SMILES string of the molecule is CC1CC=CC=C1C(=N)c1ccccc1/N=C/C1=CCC(Nc2c(-c3ccccc3)ccc3c2oc2ccccc23)C=C1. The molecule has 1 heterocycles. The average molecular weight is 560 g/mol. The lowest BCUT2D eigenvalue weighted by Crippen LogP contribution is -2.18. The van der Waals surface area contributed by atoms with Crippen LogP contribution in [0.15, 0.2) is 148 Å². The summed E-state index contributed by atoms with van der Waals surface area (Å²) < 4.78 is 6.43. The molecule has 0 spiro atoms. The Bertz CT molecular complexity index is 1990. The Hall–Kier alpha value is -5.22. The Morgan fingerprint density at radius 3 is 2.56 bits per heavy atom. The van der Waals surface area contributed by atoms with E-state index in [0.717, 1.165) is 74.0 Å². The number of hydrogen-bond donors (Lipinski definition) is 2. The quantitative estimate of drug-likeness (QED) is 0.195. The molecule has 2 atom stereocenters. The highest BCUT2D eigenvalue weighted by Crippen LogP contribution is 2.40.